The van der Waals surface area contributed by atoms with E-state index in [1.165, 1.54) is 21.4 Å². The van der Waals surface area contributed by atoms with Gasteiger partial charge in [-0.3, -0.25) is 5.10 Å². The van der Waals surface area contributed by atoms with Gasteiger partial charge >= 0.3 is 0 Å². The van der Waals surface area contributed by atoms with Gasteiger partial charge in [0.25, 0.3) is 0 Å². The zero-order valence-corrected chi connectivity index (χ0v) is 10.9. The van der Waals surface area contributed by atoms with Crippen LogP contribution in [0.3, 0.4) is 0 Å². The van der Waals surface area contributed by atoms with Crippen molar-refractivity contribution in [1.29, 1.82) is 0 Å². The Balaban J connectivity index is 2.40. The van der Waals surface area contributed by atoms with E-state index in [-0.39, 0.29) is 0 Å². The number of aromatic nitrogens is 3. The van der Waals surface area contributed by atoms with Crippen molar-refractivity contribution in [2.24, 2.45) is 0 Å². The first kappa shape index (κ1) is 10.5. The summed E-state index contributed by atoms with van der Waals surface area (Å²) in [5.41, 5.74) is 8.74. The van der Waals surface area contributed by atoms with E-state index in [1.807, 2.05) is 12.4 Å². The number of thiazole rings is 1. The quantitative estimate of drug-likeness (QED) is 0.709. The van der Waals surface area contributed by atoms with Gasteiger partial charge in [-0.05, 0) is 38.5 Å². The fourth-order valence-corrected chi connectivity index (χ4v) is 3.04. The Morgan fingerprint density at radius 2 is 2.00 bits per heavy atom. The normalized spacial score (nSPS) is 11.2. The summed E-state index contributed by atoms with van der Waals surface area (Å²) in [6.07, 6.45) is 0. The molecule has 0 spiro atoms. The number of fused-ring (bicyclic) bond motifs is 1. The van der Waals surface area contributed by atoms with Crippen molar-refractivity contribution in [3.8, 4) is 11.1 Å². The number of hydrogen-bond donors (Lipinski definition) is 1. The molecule has 4 heteroatoms. The van der Waals surface area contributed by atoms with E-state index in [0.29, 0.717) is 0 Å². The highest BCUT2D eigenvalue weighted by molar-refractivity contribution is 7.16. The second kappa shape index (κ2) is 3.67. The lowest BCUT2D eigenvalue weighted by molar-refractivity contribution is 1.02. The Labute approximate surface area is 104 Å². The number of aryl methyl sites for hydroxylation is 3. The van der Waals surface area contributed by atoms with Gasteiger partial charge in [-0.2, -0.15) is 5.10 Å². The largest absolute Gasteiger partial charge is 0.282 e. The Bertz CT molecular complexity index is 674. The first-order chi connectivity index (χ1) is 8.16. The summed E-state index contributed by atoms with van der Waals surface area (Å²) in [6.45, 7) is 6.20. The zero-order valence-electron chi connectivity index (χ0n) is 10.0. The summed E-state index contributed by atoms with van der Waals surface area (Å²) in [5, 5.41) is 7.30. The van der Waals surface area contributed by atoms with E-state index in [9.17, 15) is 0 Å². The highest BCUT2D eigenvalue weighted by atomic mass is 32.1. The SMILES string of the molecule is Cc1cc(-c2c(C)n[nH]c2C)c2ncsc2c1. The molecular weight excluding hydrogens is 230 g/mol. The van der Waals surface area contributed by atoms with Crippen LogP contribution < -0.4 is 0 Å². The predicted molar refractivity (Wildman–Crippen MR) is 71.4 cm³/mol. The van der Waals surface area contributed by atoms with Crippen molar-refractivity contribution in [1.82, 2.24) is 15.2 Å². The lowest BCUT2D eigenvalue weighted by Crippen LogP contribution is -1.86. The molecule has 2 heterocycles. The molecule has 0 aliphatic rings. The van der Waals surface area contributed by atoms with E-state index < -0.39 is 0 Å². The lowest BCUT2D eigenvalue weighted by atomic mass is 10.0. The van der Waals surface area contributed by atoms with Crippen LogP contribution in [0.1, 0.15) is 17.0 Å². The number of rotatable bonds is 1. The van der Waals surface area contributed by atoms with Crippen LogP contribution in [0.4, 0.5) is 0 Å². The Kier molecular flexibility index (Phi) is 2.26. The third-order valence-corrected chi connectivity index (χ3v) is 3.75. The van der Waals surface area contributed by atoms with Gasteiger partial charge < -0.3 is 0 Å². The molecule has 17 heavy (non-hydrogen) atoms. The molecule has 1 aromatic carbocycles. The number of H-pyrrole nitrogens is 1. The van der Waals surface area contributed by atoms with E-state index in [2.05, 4.69) is 41.2 Å². The second-order valence-corrected chi connectivity index (χ2v) is 5.21. The summed E-state index contributed by atoms with van der Waals surface area (Å²) in [5.74, 6) is 0. The highest BCUT2D eigenvalue weighted by Crippen LogP contribution is 2.33. The average Bonchev–Trinajstić information content (AvgIpc) is 2.85. The summed E-state index contributed by atoms with van der Waals surface area (Å²) in [4.78, 5) is 4.47. The summed E-state index contributed by atoms with van der Waals surface area (Å²) >= 11 is 1.68. The standard InChI is InChI=1S/C13H13N3S/c1-7-4-10(12-8(2)15-16-9(12)3)13-11(5-7)17-6-14-13/h4-6H,1-3H3,(H,15,16). The maximum Gasteiger partial charge on any atom is 0.0891 e. The van der Waals surface area contributed by atoms with Crippen LogP contribution in [0.2, 0.25) is 0 Å². The molecule has 3 rings (SSSR count). The topological polar surface area (TPSA) is 41.6 Å². The molecule has 0 saturated carbocycles. The monoisotopic (exact) mass is 243 g/mol. The molecule has 3 nitrogen and oxygen atoms in total. The second-order valence-electron chi connectivity index (χ2n) is 4.32. The van der Waals surface area contributed by atoms with Gasteiger partial charge in [-0.1, -0.05) is 0 Å². The highest BCUT2D eigenvalue weighted by Gasteiger charge is 2.14. The molecule has 0 aliphatic carbocycles. The molecule has 2 aromatic heterocycles. The molecule has 86 valence electrons. The Morgan fingerprint density at radius 1 is 1.18 bits per heavy atom. The van der Waals surface area contributed by atoms with Gasteiger partial charge in [0.15, 0.2) is 0 Å². The fourth-order valence-electron chi connectivity index (χ4n) is 2.24. The molecular formula is C13H13N3S. The van der Waals surface area contributed by atoms with Crippen LogP contribution in [0.25, 0.3) is 21.3 Å². The van der Waals surface area contributed by atoms with Crippen LogP contribution in [0.5, 0.6) is 0 Å². The minimum Gasteiger partial charge on any atom is -0.282 e. The van der Waals surface area contributed by atoms with Crippen molar-refractivity contribution >= 4 is 21.6 Å². The van der Waals surface area contributed by atoms with Crippen LogP contribution in [-0.2, 0) is 0 Å². The number of nitrogens with zero attached hydrogens (tertiary/aromatic N) is 2. The van der Waals surface area contributed by atoms with Gasteiger partial charge in [0.1, 0.15) is 0 Å². The van der Waals surface area contributed by atoms with Crippen molar-refractivity contribution in [3.05, 3.63) is 34.6 Å². The first-order valence-electron chi connectivity index (χ1n) is 5.52. The first-order valence-corrected chi connectivity index (χ1v) is 6.40. The van der Waals surface area contributed by atoms with Gasteiger partial charge in [0.2, 0.25) is 0 Å². The van der Waals surface area contributed by atoms with E-state index in [4.69, 9.17) is 0 Å². The molecule has 3 aromatic rings. The maximum atomic E-state index is 4.47. The zero-order chi connectivity index (χ0) is 12.0. The Hall–Kier alpha value is -1.68. The molecule has 0 amide bonds. The maximum absolute atomic E-state index is 4.47. The van der Waals surface area contributed by atoms with Crippen LogP contribution >= 0.6 is 11.3 Å². The molecule has 0 saturated heterocycles. The lowest BCUT2D eigenvalue weighted by Gasteiger charge is -2.04. The summed E-state index contributed by atoms with van der Waals surface area (Å²) < 4.78 is 1.24. The number of aromatic amines is 1. The van der Waals surface area contributed by atoms with Crippen LogP contribution in [0, 0.1) is 20.8 Å². The molecule has 0 atom stereocenters. The van der Waals surface area contributed by atoms with Crippen LogP contribution in [0.15, 0.2) is 17.6 Å². The molecule has 0 radical (unpaired) electrons. The molecule has 1 N–H and O–H groups in total. The molecule has 0 aliphatic heterocycles. The predicted octanol–water partition coefficient (Wildman–Crippen LogP) is 3.61. The van der Waals surface area contributed by atoms with Gasteiger partial charge in [-0.25, -0.2) is 4.98 Å². The number of nitrogens with one attached hydrogen (secondary N) is 1. The fraction of sp³-hybridized carbons (Fsp3) is 0.231. The minimum absolute atomic E-state index is 1.03. The van der Waals surface area contributed by atoms with Crippen molar-refractivity contribution in [2.75, 3.05) is 0 Å². The van der Waals surface area contributed by atoms with Gasteiger partial charge in [0, 0.05) is 16.8 Å². The van der Waals surface area contributed by atoms with E-state index in [1.54, 1.807) is 11.3 Å². The molecule has 0 fully saturated rings. The van der Waals surface area contributed by atoms with Gasteiger partial charge in [-0.15, -0.1) is 11.3 Å². The van der Waals surface area contributed by atoms with E-state index >= 15 is 0 Å². The summed E-state index contributed by atoms with van der Waals surface area (Å²) in [6, 6.07) is 4.37. The van der Waals surface area contributed by atoms with Crippen molar-refractivity contribution < 1.29 is 0 Å². The molecule has 0 unspecified atom stereocenters. The van der Waals surface area contributed by atoms with E-state index in [0.717, 1.165) is 16.9 Å². The minimum atomic E-state index is 1.03. The Morgan fingerprint density at radius 3 is 2.71 bits per heavy atom. The van der Waals surface area contributed by atoms with Gasteiger partial charge in [0.05, 0.1) is 21.4 Å². The third-order valence-electron chi connectivity index (χ3n) is 2.98. The average molecular weight is 243 g/mol. The third kappa shape index (κ3) is 1.56. The molecule has 0 bridgehead atoms. The van der Waals surface area contributed by atoms with Crippen molar-refractivity contribution in [2.45, 2.75) is 20.8 Å². The number of benzene rings is 1. The smallest absolute Gasteiger partial charge is 0.0891 e. The number of hydrogen-bond acceptors (Lipinski definition) is 3. The summed E-state index contributed by atoms with van der Waals surface area (Å²) in [7, 11) is 0. The van der Waals surface area contributed by atoms with Crippen molar-refractivity contribution in [3.63, 3.8) is 0 Å². The van der Waals surface area contributed by atoms with Crippen LogP contribution in [-0.4, -0.2) is 15.2 Å².